The highest BCUT2D eigenvalue weighted by Gasteiger charge is 1.97. The SMILES string of the molecule is O=C(O)Nc1ccc(CCCBr)cc1. The van der Waals surface area contributed by atoms with Gasteiger partial charge in [0.25, 0.3) is 0 Å². The second-order valence-corrected chi connectivity index (χ2v) is 3.71. The topological polar surface area (TPSA) is 49.3 Å². The van der Waals surface area contributed by atoms with Crippen LogP contribution in [-0.2, 0) is 6.42 Å². The molecular weight excluding hydrogens is 246 g/mol. The van der Waals surface area contributed by atoms with E-state index >= 15 is 0 Å². The molecule has 0 radical (unpaired) electrons. The van der Waals surface area contributed by atoms with Crippen LogP contribution in [0.1, 0.15) is 12.0 Å². The van der Waals surface area contributed by atoms with E-state index in [-0.39, 0.29) is 0 Å². The van der Waals surface area contributed by atoms with Gasteiger partial charge in [-0.15, -0.1) is 0 Å². The lowest BCUT2D eigenvalue weighted by atomic mass is 10.1. The zero-order valence-corrected chi connectivity index (χ0v) is 9.25. The highest BCUT2D eigenvalue weighted by atomic mass is 79.9. The quantitative estimate of drug-likeness (QED) is 0.815. The third-order valence-corrected chi connectivity index (χ3v) is 2.37. The molecule has 0 aliphatic carbocycles. The van der Waals surface area contributed by atoms with Gasteiger partial charge in [-0.3, -0.25) is 5.32 Å². The van der Waals surface area contributed by atoms with E-state index in [2.05, 4.69) is 21.2 Å². The number of hydrogen-bond acceptors (Lipinski definition) is 1. The van der Waals surface area contributed by atoms with E-state index in [9.17, 15) is 4.79 Å². The lowest BCUT2D eigenvalue weighted by molar-refractivity contribution is 0.210. The lowest BCUT2D eigenvalue weighted by Gasteiger charge is -2.02. The van der Waals surface area contributed by atoms with Crippen molar-refractivity contribution in [1.29, 1.82) is 0 Å². The number of hydrogen-bond donors (Lipinski definition) is 2. The van der Waals surface area contributed by atoms with Crippen molar-refractivity contribution in [2.75, 3.05) is 10.6 Å². The van der Waals surface area contributed by atoms with Gasteiger partial charge < -0.3 is 5.11 Å². The van der Waals surface area contributed by atoms with Crippen molar-refractivity contribution >= 4 is 27.7 Å². The molecule has 1 rings (SSSR count). The molecule has 0 aliphatic rings. The maximum Gasteiger partial charge on any atom is 0.409 e. The van der Waals surface area contributed by atoms with Gasteiger partial charge in [0.2, 0.25) is 0 Å². The molecule has 4 heteroatoms. The van der Waals surface area contributed by atoms with Gasteiger partial charge in [0.05, 0.1) is 0 Å². The molecule has 14 heavy (non-hydrogen) atoms. The summed E-state index contributed by atoms with van der Waals surface area (Å²) < 4.78 is 0. The van der Waals surface area contributed by atoms with Crippen LogP contribution in [0.5, 0.6) is 0 Å². The van der Waals surface area contributed by atoms with Crippen LogP contribution in [0.2, 0.25) is 0 Å². The summed E-state index contributed by atoms with van der Waals surface area (Å²) in [7, 11) is 0. The summed E-state index contributed by atoms with van der Waals surface area (Å²) in [6, 6.07) is 7.43. The maximum atomic E-state index is 10.3. The third-order valence-electron chi connectivity index (χ3n) is 1.80. The van der Waals surface area contributed by atoms with Crippen molar-refractivity contribution in [3.8, 4) is 0 Å². The largest absolute Gasteiger partial charge is 0.465 e. The van der Waals surface area contributed by atoms with Crippen LogP contribution >= 0.6 is 15.9 Å². The number of amides is 1. The number of alkyl halides is 1. The highest BCUT2D eigenvalue weighted by molar-refractivity contribution is 9.09. The van der Waals surface area contributed by atoms with Crippen molar-refractivity contribution < 1.29 is 9.90 Å². The monoisotopic (exact) mass is 257 g/mol. The minimum atomic E-state index is -1.03. The molecule has 0 unspecified atom stereocenters. The van der Waals surface area contributed by atoms with Crippen LogP contribution in [0.4, 0.5) is 10.5 Å². The zero-order chi connectivity index (χ0) is 10.4. The molecule has 2 N–H and O–H groups in total. The Morgan fingerprint density at radius 2 is 2.00 bits per heavy atom. The number of carboxylic acid groups (broad SMARTS) is 1. The Hall–Kier alpha value is -1.03. The van der Waals surface area contributed by atoms with Gasteiger partial charge in [-0.25, -0.2) is 4.79 Å². The van der Waals surface area contributed by atoms with Gasteiger partial charge >= 0.3 is 6.09 Å². The van der Waals surface area contributed by atoms with E-state index in [1.54, 1.807) is 12.1 Å². The number of carbonyl (C=O) groups is 1. The van der Waals surface area contributed by atoms with Crippen LogP contribution in [0.25, 0.3) is 0 Å². The average molecular weight is 258 g/mol. The van der Waals surface area contributed by atoms with Crippen molar-refractivity contribution in [2.24, 2.45) is 0 Å². The molecule has 1 aromatic carbocycles. The molecule has 0 aliphatic heterocycles. The predicted molar refractivity (Wildman–Crippen MR) is 60.2 cm³/mol. The molecule has 0 heterocycles. The summed E-state index contributed by atoms with van der Waals surface area (Å²) >= 11 is 3.36. The van der Waals surface area contributed by atoms with Crippen molar-refractivity contribution in [3.63, 3.8) is 0 Å². The van der Waals surface area contributed by atoms with Crippen molar-refractivity contribution in [3.05, 3.63) is 29.8 Å². The molecule has 0 bridgehead atoms. The predicted octanol–water partition coefficient (Wildman–Crippen LogP) is 3.10. The molecule has 0 atom stereocenters. The van der Waals surface area contributed by atoms with Gasteiger partial charge in [0, 0.05) is 11.0 Å². The summed E-state index contributed by atoms with van der Waals surface area (Å²) in [6.45, 7) is 0. The number of aryl methyl sites for hydroxylation is 1. The first-order valence-electron chi connectivity index (χ1n) is 4.37. The molecule has 0 fully saturated rings. The average Bonchev–Trinajstić information content (AvgIpc) is 2.16. The minimum absolute atomic E-state index is 0.611. The van der Waals surface area contributed by atoms with Crippen LogP contribution in [0.15, 0.2) is 24.3 Å². The first-order valence-corrected chi connectivity index (χ1v) is 5.49. The van der Waals surface area contributed by atoms with Crippen LogP contribution < -0.4 is 5.32 Å². The lowest BCUT2D eigenvalue weighted by Crippen LogP contribution is -2.06. The highest BCUT2D eigenvalue weighted by Crippen LogP contribution is 2.11. The van der Waals surface area contributed by atoms with Gasteiger partial charge in [-0.1, -0.05) is 28.1 Å². The third kappa shape index (κ3) is 3.79. The first-order chi connectivity index (χ1) is 6.72. The van der Waals surface area contributed by atoms with E-state index in [1.807, 2.05) is 12.1 Å². The molecule has 0 saturated heterocycles. The van der Waals surface area contributed by atoms with Crippen LogP contribution in [-0.4, -0.2) is 16.5 Å². The van der Waals surface area contributed by atoms with E-state index in [4.69, 9.17) is 5.11 Å². The fraction of sp³-hybridized carbons (Fsp3) is 0.300. The number of nitrogens with one attached hydrogen (secondary N) is 1. The fourth-order valence-corrected chi connectivity index (χ4v) is 1.43. The Bertz CT molecular complexity index is 297. The van der Waals surface area contributed by atoms with E-state index in [0.717, 1.165) is 18.2 Å². The summed E-state index contributed by atoms with van der Waals surface area (Å²) in [6.07, 6.45) is 1.07. The molecule has 0 saturated carbocycles. The molecule has 76 valence electrons. The van der Waals surface area contributed by atoms with Gasteiger partial charge in [0.1, 0.15) is 0 Å². The molecule has 0 spiro atoms. The van der Waals surface area contributed by atoms with Gasteiger partial charge in [-0.2, -0.15) is 0 Å². The normalized spacial score (nSPS) is 9.79. The molecule has 1 amide bonds. The van der Waals surface area contributed by atoms with Gasteiger partial charge in [-0.05, 0) is 30.5 Å². The minimum Gasteiger partial charge on any atom is -0.465 e. The van der Waals surface area contributed by atoms with Crippen molar-refractivity contribution in [1.82, 2.24) is 0 Å². The Kier molecular flexibility index (Phi) is 4.46. The van der Waals surface area contributed by atoms with E-state index < -0.39 is 6.09 Å². The molecule has 3 nitrogen and oxygen atoms in total. The summed E-state index contributed by atoms with van der Waals surface area (Å²) in [4.78, 5) is 10.3. The summed E-state index contributed by atoms with van der Waals surface area (Å²) in [5.41, 5.74) is 1.83. The second kappa shape index (κ2) is 5.65. The van der Waals surface area contributed by atoms with Crippen LogP contribution in [0, 0.1) is 0 Å². The van der Waals surface area contributed by atoms with E-state index in [1.165, 1.54) is 5.56 Å². The maximum absolute atomic E-state index is 10.3. The first kappa shape index (κ1) is 11.0. The number of rotatable bonds is 4. The molecular formula is C10H12BrNO2. The Morgan fingerprint density at radius 3 is 2.50 bits per heavy atom. The Morgan fingerprint density at radius 1 is 1.36 bits per heavy atom. The summed E-state index contributed by atoms with van der Waals surface area (Å²) in [5.74, 6) is 0. The summed E-state index contributed by atoms with van der Waals surface area (Å²) in [5, 5.41) is 11.7. The van der Waals surface area contributed by atoms with E-state index in [0.29, 0.717) is 5.69 Å². The Labute approximate surface area is 91.3 Å². The molecule has 1 aromatic rings. The van der Waals surface area contributed by atoms with Crippen LogP contribution in [0.3, 0.4) is 0 Å². The zero-order valence-electron chi connectivity index (χ0n) is 7.66. The number of anilines is 1. The second-order valence-electron chi connectivity index (χ2n) is 2.92. The Balaban J connectivity index is 2.54. The number of halogens is 1. The number of benzene rings is 1. The smallest absolute Gasteiger partial charge is 0.409 e. The fourth-order valence-electron chi connectivity index (χ4n) is 1.15. The molecule has 0 aromatic heterocycles. The van der Waals surface area contributed by atoms with Gasteiger partial charge in [0.15, 0.2) is 0 Å². The van der Waals surface area contributed by atoms with Crippen molar-refractivity contribution in [2.45, 2.75) is 12.8 Å². The standard InChI is InChI=1S/C10H12BrNO2/c11-7-1-2-8-3-5-9(6-4-8)12-10(13)14/h3-6,12H,1-2,7H2,(H,13,14).